The van der Waals surface area contributed by atoms with E-state index in [1.165, 1.54) is 16.7 Å². The lowest BCUT2D eigenvalue weighted by Crippen LogP contribution is -3.00. The molecule has 0 fully saturated rings. The van der Waals surface area contributed by atoms with Crippen molar-refractivity contribution in [2.24, 2.45) is 0 Å². The van der Waals surface area contributed by atoms with Crippen LogP contribution in [0.3, 0.4) is 0 Å². The average molecular weight is 274 g/mol. The van der Waals surface area contributed by atoms with Crippen LogP contribution in [0.25, 0.3) is 11.6 Å². The first kappa shape index (κ1) is 15.5. The summed E-state index contributed by atoms with van der Waals surface area (Å²) in [7, 11) is 0. The maximum absolute atomic E-state index is 4.27. The van der Waals surface area contributed by atoms with Crippen LogP contribution in [0.1, 0.15) is 25.0 Å². The molecule has 0 heterocycles. The first-order valence-corrected chi connectivity index (χ1v) is 6.25. The van der Waals surface area contributed by atoms with Crippen LogP contribution in [0, 0.1) is 0 Å². The number of hydrogen-bond acceptors (Lipinski definition) is 0. The van der Waals surface area contributed by atoms with Crippen LogP contribution in [0.4, 0.5) is 0 Å². The lowest BCUT2D eigenvalue weighted by Gasteiger charge is -2.20. The third kappa shape index (κ3) is 4.23. The van der Waals surface area contributed by atoms with Crippen LogP contribution >= 0.6 is 0 Å². The molecule has 3 N–H and O–H groups in total. The first-order valence-electron chi connectivity index (χ1n) is 6.25. The zero-order chi connectivity index (χ0) is 13.0. The Morgan fingerprint density at radius 3 is 1.84 bits per heavy atom. The highest BCUT2D eigenvalue weighted by Crippen LogP contribution is 2.26. The predicted octanol–water partition coefficient (Wildman–Crippen LogP) is 0.252. The highest BCUT2D eigenvalue weighted by molar-refractivity contribution is 5.85. The highest BCUT2D eigenvalue weighted by Gasteiger charge is 2.22. The van der Waals surface area contributed by atoms with Gasteiger partial charge in [-0.25, -0.2) is 0 Å². The van der Waals surface area contributed by atoms with Crippen molar-refractivity contribution >= 4 is 11.6 Å². The Balaban J connectivity index is 0.00000180. The van der Waals surface area contributed by atoms with Crippen molar-refractivity contribution in [3.8, 4) is 0 Å². The average Bonchev–Trinajstić information content (AvgIpc) is 2.37. The highest BCUT2D eigenvalue weighted by atomic mass is 35.5. The Bertz CT molecular complexity index is 524. The molecule has 0 saturated heterocycles. The van der Waals surface area contributed by atoms with Crippen molar-refractivity contribution in [1.82, 2.24) is 0 Å². The Labute approximate surface area is 121 Å². The lowest BCUT2D eigenvalue weighted by atomic mass is 9.87. The van der Waals surface area contributed by atoms with E-state index in [4.69, 9.17) is 0 Å². The summed E-state index contributed by atoms with van der Waals surface area (Å²) in [5.74, 6) is 0. The van der Waals surface area contributed by atoms with Crippen LogP contribution in [0.15, 0.2) is 60.7 Å². The van der Waals surface area contributed by atoms with Crippen LogP contribution in [-0.4, -0.2) is 5.54 Å². The van der Waals surface area contributed by atoms with Crippen molar-refractivity contribution in [2.75, 3.05) is 0 Å². The Morgan fingerprint density at radius 1 is 0.895 bits per heavy atom. The van der Waals surface area contributed by atoms with Gasteiger partial charge in [-0.1, -0.05) is 60.7 Å². The second-order valence-electron chi connectivity index (χ2n) is 5.22. The molecular formula is C17H20ClN. The van der Waals surface area contributed by atoms with Gasteiger partial charge in [-0.15, -0.1) is 0 Å². The van der Waals surface area contributed by atoms with Crippen molar-refractivity contribution in [1.29, 1.82) is 0 Å². The molecule has 0 aromatic heterocycles. The summed E-state index contributed by atoms with van der Waals surface area (Å²) >= 11 is 0. The van der Waals surface area contributed by atoms with Gasteiger partial charge in [-0.05, 0) is 31.1 Å². The molecule has 2 rings (SSSR count). The molecule has 0 radical (unpaired) electrons. The minimum Gasteiger partial charge on any atom is -1.00 e. The summed E-state index contributed by atoms with van der Waals surface area (Å²) in [4.78, 5) is 0. The molecule has 0 atom stereocenters. The van der Waals surface area contributed by atoms with E-state index in [-0.39, 0.29) is 17.9 Å². The molecule has 0 bridgehead atoms. The van der Waals surface area contributed by atoms with Crippen molar-refractivity contribution < 1.29 is 18.1 Å². The summed E-state index contributed by atoms with van der Waals surface area (Å²) in [6, 6.07) is 20.9. The SMILES string of the molecule is CC(C)([NH3+])C(=Cc1ccccc1)c1ccccc1.[Cl-]. The van der Waals surface area contributed by atoms with Gasteiger partial charge in [0.1, 0.15) is 5.54 Å². The van der Waals surface area contributed by atoms with Crippen LogP contribution in [0.5, 0.6) is 0 Å². The van der Waals surface area contributed by atoms with Gasteiger partial charge in [0.15, 0.2) is 0 Å². The fourth-order valence-corrected chi connectivity index (χ4v) is 2.00. The second kappa shape index (κ2) is 6.55. The maximum Gasteiger partial charge on any atom is 0.115 e. The van der Waals surface area contributed by atoms with Gasteiger partial charge in [0, 0.05) is 5.57 Å². The quantitative estimate of drug-likeness (QED) is 0.777. The molecule has 2 heteroatoms. The number of halogens is 1. The molecule has 1 nitrogen and oxygen atoms in total. The maximum atomic E-state index is 4.27. The van der Waals surface area contributed by atoms with Crippen molar-refractivity contribution in [2.45, 2.75) is 19.4 Å². The Morgan fingerprint density at radius 2 is 1.37 bits per heavy atom. The minimum atomic E-state index is -0.114. The van der Waals surface area contributed by atoms with Gasteiger partial charge < -0.3 is 18.1 Å². The summed E-state index contributed by atoms with van der Waals surface area (Å²) in [5, 5.41) is 0. The zero-order valence-corrected chi connectivity index (χ0v) is 12.2. The molecule has 0 aliphatic heterocycles. The summed E-state index contributed by atoms with van der Waals surface area (Å²) < 4.78 is 0. The number of benzene rings is 2. The van der Waals surface area contributed by atoms with E-state index >= 15 is 0 Å². The van der Waals surface area contributed by atoms with Gasteiger partial charge in [-0.3, -0.25) is 0 Å². The zero-order valence-electron chi connectivity index (χ0n) is 11.4. The normalized spacial score (nSPS) is 11.8. The molecule has 0 aliphatic rings. The Hall–Kier alpha value is -1.57. The summed E-state index contributed by atoms with van der Waals surface area (Å²) in [6.07, 6.45) is 2.22. The van der Waals surface area contributed by atoms with Gasteiger partial charge in [-0.2, -0.15) is 0 Å². The van der Waals surface area contributed by atoms with Gasteiger partial charge in [0.25, 0.3) is 0 Å². The summed E-state index contributed by atoms with van der Waals surface area (Å²) in [6.45, 7) is 4.30. The van der Waals surface area contributed by atoms with Crippen molar-refractivity contribution in [3.63, 3.8) is 0 Å². The third-order valence-corrected chi connectivity index (χ3v) is 2.92. The second-order valence-corrected chi connectivity index (χ2v) is 5.22. The molecule has 0 spiro atoms. The van der Waals surface area contributed by atoms with E-state index in [0.29, 0.717) is 0 Å². The predicted molar refractivity (Wildman–Crippen MR) is 77.7 cm³/mol. The fraction of sp³-hybridized carbons (Fsp3) is 0.176. The Kier molecular flexibility index (Phi) is 5.34. The van der Waals surface area contributed by atoms with E-state index in [9.17, 15) is 0 Å². The van der Waals surface area contributed by atoms with Crippen LogP contribution < -0.4 is 18.1 Å². The number of quaternary nitrogens is 1. The number of hydrogen-bond donors (Lipinski definition) is 1. The molecule has 19 heavy (non-hydrogen) atoms. The van der Waals surface area contributed by atoms with E-state index in [0.717, 1.165) is 0 Å². The molecule has 0 aliphatic carbocycles. The van der Waals surface area contributed by atoms with E-state index in [1.807, 2.05) is 12.1 Å². The molecule has 2 aromatic carbocycles. The van der Waals surface area contributed by atoms with E-state index in [2.05, 4.69) is 74.2 Å². The summed E-state index contributed by atoms with van der Waals surface area (Å²) in [5.41, 5.74) is 7.87. The van der Waals surface area contributed by atoms with Crippen LogP contribution in [-0.2, 0) is 0 Å². The van der Waals surface area contributed by atoms with Crippen molar-refractivity contribution in [3.05, 3.63) is 71.8 Å². The largest absolute Gasteiger partial charge is 1.00 e. The van der Waals surface area contributed by atoms with Gasteiger partial charge in [0.05, 0.1) is 0 Å². The molecule has 2 aromatic rings. The molecule has 0 unspecified atom stereocenters. The number of rotatable bonds is 3. The lowest BCUT2D eigenvalue weighted by molar-refractivity contribution is -0.441. The molecule has 0 saturated carbocycles. The topological polar surface area (TPSA) is 27.6 Å². The minimum absolute atomic E-state index is 0. The van der Waals surface area contributed by atoms with Gasteiger partial charge in [0.2, 0.25) is 0 Å². The smallest absolute Gasteiger partial charge is 0.115 e. The molecule has 100 valence electrons. The monoisotopic (exact) mass is 273 g/mol. The molecular weight excluding hydrogens is 254 g/mol. The van der Waals surface area contributed by atoms with E-state index in [1.54, 1.807) is 0 Å². The fourth-order valence-electron chi connectivity index (χ4n) is 2.00. The first-order chi connectivity index (χ1) is 8.57. The van der Waals surface area contributed by atoms with E-state index < -0.39 is 0 Å². The van der Waals surface area contributed by atoms with Crippen LogP contribution in [0.2, 0.25) is 0 Å². The standard InChI is InChI=1S/C17H19N.ClH/c1-17(2,18)16(15-11-7-4-8-12-15)13-14-9-5-3-6-10-14;/h3-13H,18H2,1-2H3;1H. The molecule has 0 amide bonds. The van der Waals surface area contributed by atoms with Gasteiger partial charge >= 0.3 is 0 Å². The third-order valence-electron chi connectivity index (χ3n) is 2.92.